The van der Waals surface area contributed by atoms with Gasteiger partial charge in [-0.15, -0.1) is 0 Å². The Kier molecular flexibility index (Phi) is 5.58. The summed E-state index contributed by atoms with van der Waals surface area (Å²) >= 11 is 0. The standard InChI is InChI=1S/C17H23N3O/c1-4-18-11-15-7-10-17(19-12-15)20(2)13-14-5-8-16(21-3)9-6-14/h5-10,12,18H,4,11,13H2,1-3H3. The van der Waals surface area contributed by atoms with E-state index in [1.807, 2.05) is 18.3 Å². The number of anilines is 1. The number of hydrogen-bond acceptors (Lipinski definition) is 4. The van der Waals surface area contributed by atoms with Gasteiger partial charge in [0.1, 0.15) is 11.6 Å². The van der Waals surface area contributed by atoms with E-state index in [0.717, 1.165) is 31.2 Å². The lowest BCUT2D eigenvalue weighted by atomic mass is 10.2. The number of benzene rings is 1. The van der Waals surface area contributed by atoms with Crippen LogP contribution in [0.4, 0.5) is 5.82 Å². The van der Waals surface area contributed by atoms with Gasteiger partial charge in [-0.05, 0) is 35.9 Å². The summed E-state index contributed by atoms with van der Waals surface area (Å²) in [7, 11) is 3.73. The minimum atomic E-state index is 0.823. The van der Waals surface area contributed by atoms with E-state index < -0.39 is 0 Å². The Balaban J connectivity index is 1.96. The Bertz CT molecular complexity index is 537. The summed E-state index contributed by atoms with van der Waals surface area (Å²) in [6, 6.07) is 12.3. The zero-order valence-electron chi connectivity index (χ0n) is 13.0. The minimum absolute atomic E-state index is 0.823. The van der Waals surface area contributed by atoms with Gasteiger partial charge in [0, 0.05) is 26.3 Å². The van der Waals surface area contributed by atoms with Gasteiger partial charge in [0.05, 0.1) is 7.11 Å². The van der Waals surface area contributed by atoms with Crippen LogP contribution in [0, 0.1) is 0 Å². The van der Waals surface area contributed by atoms with Crippen molar-refractivity contribution in [2.24, 2.45) is 0 Å². The Labute approximate surface area is 126 Å². The van der Waals surface area contributed by atoms with E-state index in [1.165, 1.54) is 11.1 Å². The highest BCUT2D eigenvalue weighted by atomic mass is 16.5. The van der Waals surface area contributed by atoms with Gasteiger partial charge >= 0.3 is 0 Å². The molecule has 0 aliphatic rings. The van der Waals surface area contributed by atoms with E-state index in [0.29, 0.717) is 0 Å². The molecule has 0 radical (unpaired) electrons. The van der Waals surface area contributed by atoms with Gasteiger partial charge in [-0.25, -0.2) is 4.98 Å². The fourth-order valence-electron chi connectivity index (χ4n) is 2.10. The van der Waals surface area contributed by atoms with Crippen molar-refractivity contribution in [3.05, 3.63) is 53.7 Å². The molecule has 4 nitrogen and oxygen atoms in total. The molecule has 112 valence electrons. The second-order valence-electron chi connectivity index (χ2n) is 5.01. The van der Waals surface area contributed by atoms with Crippen LogP contribution in [0.3, 0.4) is 0 Å². The van der Waals surface area contributed by atoms with E-state index >= 15 is 0 Å². The first-order valence-electron chi connectivity index (χ1n) is 7.22. The third-order valence-corrected chi connectivity index (χ3v) is 3.36. The number of rotatable bonds is 7. The summed E-state index contributed by atoms with van der Waals surface area (Å²) in [4.78, 5) is 6.66. The fraction of sp³-hybridized carbons (Fsp3) is 0.353. The lowest BCUT2D eigenvalue weighted by Gasteiger charge is -2.18. The summed E-state index contributed by atoms with van der Waals surface area (Å²) in [5.41, 5.74) is 2.44. The predicted molar refractivity (Wildman–Crippen MR) is 86.7 cm³/mol. The lowest BCUT2D eigenvalue weighted by Crippen LogP contribution is -2.18. The van der Waals surface area contributed by atoms with Crippen LogP contribution < -0.4 is 15.0 Å². The second kappa shape index (κ2) is 7.64. The van der Waals surface area contributed by atoms with E-state index in [4.69, 9.17) is 4.74 Å². The average Bonchev–Trinajstić information content (AvgIpc) is 2.54. The summed E-state index contributed by atoms with van der Waals surface area (Å²) in [5.74, 6) is 1.86. The highest BCUT2D eigenvalue weighted by molar-refractivity contribution is 5.40. The zero-order chi connectivity index (χ0) is 15.1. The molecule has 0 aliphatic heterocycles. The Morgan fingerprint density at radius 3 is 2.38 bits per heavy atom. The van der Waals surface area contributed by atoms with Gasteiger partial charge in [0.2, 0.25) is 0 Å². The first-order valence-corrected chi connectivity index (χ1v) is 7.22. The van der Waals surface area contributed by atoms with Crippen molar-refractivity contribution in [2.75, 3.05) is 25.6 Å². The molecule has 0 bridgehead atoms. The molecule has 1 aromatic carbocycles. The quantitative estimate of drug-likeness (QED) is 0.849. The van der Waals surface area contributed by atoms with E-state index in [2.05, 4.69) is 53.4 Å². The number of nitrogens with one attached hydrogen (secondary N) is 1. The summed E-state index contributed by atoms with van der Waals surface area (Å²) in [6.07, 6.45) is 1.93. The Hall–Kier alpha value is -2.07. The maximum absolute atomic E-state index is 5.17. The summed E-state index contributed by atoms with van der Waals surface area (Å²) < 4.78 is 5.17. The summed E-state index contributed by atoms with van der Waals surface area (Å²) in [5, 5.41) is 3.30. The molecule has 0 saturated heterocycles. The van der Waals surface area contributed by atoms with Crippen molar-refractivity contribution in [3.8, 4) is 5.75 Å². The number of pyridine rings is 1. The molecule has 0 atom stereocenters. The molecule has 1 heterocycles. The van der Waals surface area contributed by atoms with E-state index in [9.17, 15) is 0 Å². The molecule has 1 N–H and O–H groups in total. The predicted octanol–water partition coefficient (Wildman–Crippen LogP) is 2.84. The molecule has 1 aromatic heterocycles. The maximum atomic E-state index is 5.17. The largest absolute Gasteiger partial charge is 0.497 e. The molecule has 2 rings (SSSR count). The van der Waals surface area contributed by atoms with Crippen molar-refractivity contribution in [2.45, 2.75) is 20.0 Å². The first-order chi connectivity index (χ1) is 10.2. The Morgan fingerprint density at radius 2 is 1.81 bits per heavy atom. The molecular formula is C17H23N3O. The van der Waals surface area contributed by atoms with Gasteiger partial charge < -0.3 is 15.0 Å². The number of nitrogens with zero attached hydrogens (tertiary/aromatic N) is 2. The van der Waals surface area contributed by atoms with Crippen LogP contribution in [0.15, 0.2) is 42.6 Å². The first kappa shape index (κ1) is 15.3. The SMILES string of the molecule is CCNCc1ccc(N(C)Cc2ccc(OC)cc2)nc1. The molecule has 0 aliphatic carbocycles. The molecule has 0 amide bonds. The fourth-order valence-corrected chi connectivity index (χ4v) is 2.10. The molecule has 0 fully saturated rings. The van der Waals surface area contributed by atoms with Crippen LogP contribution in [-0.2, 0) is 13.1 Å². The number of methoxy groups -OCH3 is 1. The molecule has 4 heteroatoms. The third-order valence-electron chi connectivity index (χ3n) is 3.36. The third kappa shape index (κ3) is 4.46. The van der Waals surface area contributed by atoms with Crippen molar-refractivity contribution < 1.29 is 4.74 Å². The van der Waals surface area contributed by atoms with Crippen LogP contribution in [-0.4, -0.2) is 25.7 Å². The molecule has 21 heavy (non-hydrogen) atoms. The molecule has 2 aromatic rings. The average molecular weight is 285 g/mol. The van der Waals surface area contributed by atoms with Crippen LogP contribution in [0.25, 0.3) is 0 Å². The highest BCUT2D eigenvalue weighted by Crippen LogP contribution is 2.16. The van der Waals surface area contributed by atoms with Crippen molar-refractivity contribution in [1.82, 2.24) is 10.3 Å². The molecular weight excluding hydrogens is 262 g/mol. The number of ether oxygens (including phenoxy) is 1. The number of aromatic nitrogens is 1. The monoisotopic (exact) mass is 285 g/mol. The second-order valence-corrected chi connectivity index (χ2v) is 5.01. The van der Waals surface area contributed by atoms with E-state index in [-0.39, 0.29) is 0 Å². The molecule has 0 saturated carbocycles. The van der Waals surface area contributed by atoms with Gasteiger partial charge in [-0.1, -0.05) is 25.1 Å². The molecule has 0 unspecified atom stereocenters. The van der Waals surface area contributed by atoms with Crippen LogP contribution >= 0.6 is 0 Å². The van der Waals surface area contributed by atoms with Gasteiger partial charge in [0.25, 0.3) is 0 Å². The smallest absolute Gasteiger partial charge is 0.128 e. The summed E-state index contributed by atoms with van der Waals surface area (Å²) in [6.45, 7) is 4.76. The van der Waals surface area contributed by atoms with Gasteiger partial charge in [0.15, 0.2) is 0 Å². The topological polar surface area (TPSA) is 37.4 Å². The van der Waals surface area contributed by atoms with Crippen LogP contribution in [0.1, 0.15) is 18.1 Å². The minimum Gasteiger partial charge on any atom is -0.497 e. The maximum Gasteiger partial charge on any atom is 0.128 e. The van der Waals surface area contributed by atoms with Crippen LogP contribution in [0.2, 0.25) is 0 Å². The molecule has 0 spiro atoms. The van der Waals surface area contributed by atoms with Crippen molar-refractivity contribution >= 4 is 5.82 Å². The van der Waals surface area contributed by atoms with Crippen LogP contribution in [0.5, 0.6) is 5.75 Å². The Morgan fingerprint density at radius 1 is 1.10 bits per heavy atom. The number of hydrogen-bond donors (Lipinski definition) is 1. The van der Waals surface area contributed by atoms with Gasteiger partial charge in [-0.2, -0.15) is 0 Å². The normalized spacial score (nSPS) is 10.4. The van der Waals surface area contributed by atoms with Crippen molar-refractivity contribution in [1.29, 1.82) is 0 Å². The van der Waals surface area contributed by atoms with Gasteiger partial charge in [-0.3, -0.25) is 0 Å². The van der Waals surface area contributed by atoms with E-state index in [1.54, 1.807) is 7.11 Å². The van der Waals surface area contributed by atoms with Crippen molar-refractivity contribution in [3.63, 3.8) is 0 Å². The zero-order valence-corrected chi connectivity index (χ0v) is 13.0. The highest BCUT2D eigenvalue weighted by Gasteiger charge is 2.04. The lowest BCUT2D eigenvalue weighted by molar-refractivity contribution is 0.414.